The highest BCUT2D eigenvalue weighted by molar-refractivity contribution is 5.73. The Bertz CT molecular complexity index is 403. The monoisotopic (exact) mass is 246 g/mol. The Labute approximate surface area is 109 Å². The van der Waals surface area contributed by atoms with Crippen LogP contribution in [0, 0.1) is 0 Å². The minimum absolute atomic E-state index is 0.210. The molecule has 0 saturated heterocycles. The van der Waals surface area contributed by atoms with Crippen LogP contribution < -0.4 is 11.1 Å². The molecule has 1 aliphatic rings. The summed E-state index contributed by atoms with van der Waals surface area (Å²) in [6.07, 6.45) is 6.22. The highest BCUT2D eigenvalue weighted by Crippen LogP contribution is 2.28. The van der Waals surface area contributed by atoms with Crippen molar-refractivity contribution in [2.45, 2.75) is 44.6 Å². The van der Waals surface area contributed by atoms with Crippen molar-refractivity contribution in [3.63, 3.8) is 0 Å². The third-order valence-electron chi connectivity index (χ3n) is 3.61. The molecule has 1 amide bonds. The molecule has 0 aliphatic heterocycles. The van der Waals surface area contributed by atoms with Crippen LogP contribution in [0.25, 0.3) is 0 Å². The van der Waals surface area contributed by atoms with E-state index in [4.69, 9.17) is 5.73 Å². The summed E-state index contributed by atoms with van der Waals surface area (Å²) in [5, 5.41) is 3.57. The molecule has 3 N–H and O–H groups in total. The smallest absolute Gasteiger partial charge is 0.217 e. The lowest BCUT2D eigenvalue weighted by Gasteiger charge is -2.19. The number of hydrogen-bond donors (Lipinski definition) is 2. The fourth-order valence-corrected chi connectivity index (χ4v) is 2.67. The number of nitrogens with one attached hydrogen (secondary N) is 1. The minimum atomic E-state index is -0.210. The SMILES string of the molecule is NC(=O)CCCNC1CCCCc2ccccc21. The van der Waals surface area contributed by atoms with Gasteiger partial charge in [0.25, 0.3) is 0 Å². The van der Waals surface area contributed by atoms with Gasteiger partial charge in [0.15, 0.2) is 0 Å². The molecule has 1 atom stereocenters. The number of aryl methyl sites for hydroxylation is 1. The number of carbonyl (C=O) groups is 1. The molecule has 1 aromatic rings. The molecule has 18 heavy (non-hydrogen) atoms. The Hall–Kier alpha value is -1.35. The molecule has 0 radical (unpaired) electrons. The third kappa shape index (κ3) is 3.57. The molecule has 0 heterocycles. The van der Waals surface area contributed by atoms with Gasteiger partial charge in [0.2, 0.25) is 5.91 Å². The zero-order chi connectivity index (χ0) is 12.8. The number of amides is 1. The van der Waals surface area contributed by atoms with Crippen LogP contribution in [0.15, 0.2) is 24.3 Å². The predicted octanol–water partition coefficient (Wildman–Crippen LogP) is 2.31. The number of fused-ring (bicyclic) bond motifs is 1. The molecule has 0 saturated carbocycles. The zero-order valence-corrected chi connectivity index (χ0v) is 10.8. The van der Waals surface area contributed by atoms with Crippen molar-refractivity contribution >= 4 is 5.91 Å². The van der Waals surface area contributed by atoms with E-state index in [1.54, 1.807) is 0 Å². The Kier molecular flexibility index (Phi) is 4.76. The topological polar surface area (TPSA) is 55.1 Å². The molecule has 1 aliphatic carbocycles. The average Bonchev–Trinajstić information content (AvgIpc) is 2.57. The van der Waals surface area contributed by atoms with Gasteiger partial charge in [-0.05, 0) is 43.4 Å². The maximum atomic E-state index is 10.7. The summed E-state index contributed by atoms with van der Waals surface area (Å²) in [6.45, 7) is 0.863. The van der Waals surface area contributed by atoms with E-state index < -0.39 is 0 Å². The summed E-state index contributed by atoms with van der Waals surface area (Å²) < 4.78 is 0. The molecule has 0 bridgehead atoms. The fraction of sp³-hybridized carbons (Fsp3) is 0.533. The van der Waals surface area contributed by atoms with E-state index in [-0.39, 0.29) is 5.91 Å². The Morgan fingerprint density at radius 1 is 1.33 bits per heavy atom. The maximum absolute atomic E-state index is 10.7. The van der Waals surface area contributed by atoms with Crippen molar-refractivity contribution in [3.05, 3.63) is 35.4 Å². The first-order chi connectivity index (χ1) is 8.77. The Balaban J connectivity index is 1.93. The number of benzene rings is 1. The van der Waals surface area contributed by atoms with E-state index in [9.17, 15) is 4.79 Å². The zero-order valence-electron chi connectivity index (χ0n) is 10.8. The molecule has 1 aromatic carbocycles. The van der Waals surface area contributed by atoms with Gasteiger partial charge < -0.3 is 11.1 Å². The lowest BCUT2D eigenvalue weighted by atomic mass is 9.99. The second kappa shape index (κ2) is 6.55. The van der Waals surface area contributed by atoms with Crippen LogP contribution in [0.3, 0.4) is 0 Å². The van der Waals surface area contributed by atoms with Crippen LogP contribution in [0.1, 0.15) is 49.3 Å². The number of nitrogens with two attached hydrogens (primary N) is 1. The van der Waals surface area contributed by atoms with Gasteiger partial charge in [-0.15, -0.1) is 0 Å². The number of rotatable bonds is 5. The van der Waals surface area contributed by atoms with E-state index in [0.29, 0.717) is 12.5 Å². The van der Waals surface area contributed by atoms with Crippen molar-refractivity contribution in [3.8, 4) is 0 Å². The summed E-state index contributed by atoms with van der Waals surface area (Å²) in [5.41, 5.74) is 8.06. The van der Waals surface area contributed by atoms with Crippen LogP contribution >= 0.6 is 0 Å². The van der Waals surface area contributed by atoms with Gasteiger partial charge in [0.1, 0.15) is 0 Å². The minimum Gasteiger partial charge on any atom is -0.370 e. The number of hydrogen-bond acceptors (Lipinski definition) is 2. The van der Waals surface area contributed by atoms with Crippen molar-refractivity contribution < 1.29 is 4.79 Å². The second-order valence-electron chi connectivity index (χ2n) is 5.02. The standard InChI is InChI=1S/C15H22N2O/c16-15(18)10-5-11-17-14-9-4-2-7-12-6-1-3-8-13(12)14/h1,3,6,8,14,17H,2,4-5,7,9-11H2,(H2,16,18). The van der Waals surface area contributed by atoms with E-state index in [0.717, 1.165) is 13.0 Å². The molecule has 3 heteroatoms. The summed E-state index contributed by atoms with van der Waals surface area (Å²) in [4.78, 5) is 10.7. The lowest BCUT2D eigenvalue weighted by molar-refractivity contribution is -0.118. The molecule has 1 unspecified atom stereocenters. The quantitative estimate of drug-likeness (QED) is 0.619. The summed E-state index contributed by atoms with van der Waals surface area (Å²) in [7, 11) is 0. The summed E-state index contributed by atoms with van der Waals surface area (Å²) >= 11 is 0. The lowest BCUT2D eigenvalue weighted by Crippen LogP contribution is -2.24. The fourth-order valence-electron chi connectivity index (χ4n) is 2.67. The molecule has 98 valence electrons. The van der Waals surface area contributed by atoms with Crippen LogP contribution in [-0.4, -0.2) is 12.5 Å². The summed E-state index contributed by atoms with van der Waals surface area (Å²) in [5.74, 6) is -0.210. The highest BCUT2D eigenvalue weighted by Gasteiger charge is 2.17. The van der Waals surface area contributed by atoms with Gasteiger partial charge in [-0.1, -0.05) is 30.7 Å². The van der Waals surface area contributed by atoms with E-state index in [2.05, 4.69) is 29.6 Å². The van der Waals surface area contributed by atoms with Gasteiger partial charge in [0, 0.05) is 12.5 Å². The van der Waals surface area contributed by atoms with Gasteiger partial charge in [-0.2, -0.15) is 0 Å². The summed E-state index contributed by atoms with van der Waals surface area (Å²) in [6, 6.07) is 9.14. The van der Waals surface area contributed by atoms with Crippen LogP contribution in [0.4, 0.5) is 0 Å². The van der Waals surface area contributed by atoms with Crippen molar-refractivity contribution in [1.29, 1.82) is 0 Å². The van der Waals surface area contributed by atoms with Crippen molar-refractivity contribution in [1.82, 2.24) is 5.32 Å². The Morgan fingerprint density at radius 2 is 2.17 bits per heavy atom. The first-order valence-corrected chi connectivity index (χ1v) is 6.87. The van der Waals surface area contributed by atoms with E-state index in [1.807, 2.05) is 0 Å². The third-order valence-corrected chi connectivity index (χ3v) is 3.61. The average molecular weight is 246 g/mol. The first-order valence-electron chi connectivity index (χ1n) is 6.87. The van der Waals surface area contributed by atoms with Gasteiger partial charge >= 0.3 is 0 Å². The van der Waals surface area contributed by atoms with Gasteiger partial charge in [-0.25, -0.2) is 0 Å². The highest BCUT2D eigenvalue weighted by atomic mass is 16.1. The van der Waals surface area contributed by atoms with Crippen LogP contribution in [0.5, 0.6) is 0 Å². The van der Waals surface area contributed by atoms with Crippen molar-refractivity contribution in [2.75, 3.05) is 6.54 Å². The molecule has 3 nitrogen and oxygen atoms in total. The van der Waals surface area contributed by atoms with E-state index in [1.165, 1.54) is 36.8 Å². The maximum Gasteiger partial charge on any atom is 0.217 e. The second-order valence-corrected chi connectivity index (χ2v) is 5.02. The van der Waals surface area contributed by atoms with Crippen LogP contribution in [-0.2, 0) is 11.2 Å². The Morgan fingerprint density at radius 3 is 3.00 bits per heavy atom. The number of primary amides is 1. The molecule has 0 spiro atoms. The van der Waals surface area contributed by atoms with Crippen molar-refractivity contribution in [2.24, 2.45) is 5.73 Å². The first kappa shape index (κ1) is 13.1. The molecule has 0 aromatic heterocycles. The van der Waals surface area contributed by atoms with Crippen LogP contribution in [0.2, 0.25) is 0 Å². The largest absolute Gasteiger partial charge is 0.370 e. The predicted molar refractivity (Wildman–Crippen MR) is 73.2 cm³/mol. The molecular formula is C15H22N2O. The van der Waals surface area contributed by atoms with Gasteiger partial charge in [0.05, 0.1) is 0 Å². The molecule has 0 fully saturated rings. The van der Waals surface area contributed by atoms with Gasteiger partial charge in [-0.3, -0.25) is 4.79 Å². The van der Waals surface area contributed by atoms with E-state index >= 15 is 0 Å². The normalized spacial score (nSPS) is 19.0. The number of carbonyl (C=O) groups excluding carboxylic acids is 1. The molecule has 2 rings (SSSR count). The molecular weight excluding hydrogens is 224 g/mol.